The molecule has 2 amide bonds. The Kier molecular flexibility index (Phi) is 6.28. The zero-order chi connectivity index (χ0) is 18.4. The molecular weight excluding hydrogens is 319 g/mol. The minimum Gasteiger partial charge on any atom is -0.350 e. The highest BCUT2D eigenvalue weighted by molar-refractivity contribution is 5.86. The highest BCUT2D eigenvalue weighted by atomic mass is 19.1. The Morgan fingerprint density at radius 3 is 2.16 bits per heavy atom. The number of carbonyl (C=O) groups is 2. The Balaban J connectivity index is 1.99. The van der Waals surface area contributed by atoms with Crippen molar-refractivity contribution in [3.05, 3.63) is 71.0 Å². The van der Waals surface area contributed by atoms with Crippen LogP contribution < -0.4 is 5.32 Å². The van der Waals surface area contributed by atoms with E-state index in [1.54, 1.807) is 19.1 Å². The third-order valence-electron chi connectivity index (χ3n) is 4.10. The van der Waals surface area contributed by atoms with Crippen molar-refractivity contribution in [1.82, 2.24) is 10.2 Å². The van der Waals surface area contributed by atoms with Crippen LogP contribution in [0.25, 0.3) is 0 Å². The van der Waals surface area contributed by atoms with Crippen LogP contribution in [0.3, 0.4) is 0 Å². The Labute approximate surface area is 147 Å². The number of aryl methyl sites for hydroxylation is 1. The number of halogens is 1. The molecule has 132 valence electrons. The lowest BCUT2D eigenvalue weighted by Gasteiger charge is -2.27. The van der Waals surface area contributed by atoms with Crippen molar-refractivity contribution in [1.29, 1.82) is 0 Å². The molecule has 4 nitrogen and oxygen atoms in total. The number of carbonyl (C=O) groups excluding carboxylic acids is 2. The van der Waals surface area contributed by atoms with Crippen LogP contribution in [-0.4, -0.2) is 22.8 Å². The van der Waals surface area contributed by atoms with E-state index in [0.29, 0.717) is 6.54 Å². The number of nitrogens with zero attached hydrogens (tertiary/aromatic N) is 1. The van der Waals surface area contributed by atoms with E-state index in [2.05, 4.69) is 5.32 Å². The molecule has 0 bridgehead atoms. The molecule has 0 radical (unpaired) electrons. The normalized spacial score (nSPS) is 11.7. The first-order valence-corrected chi connectivity index (χ1v) is 8.21. The van der Waals surface area contributed by atoms with Crippen molar-refractivity contribution in [2.24, 2.45) is 0 Å². The van der Waals surface area contributed by atoms with Crippen molar-refractivity contribution in [3.63, 3.8) is 0 Å². The van der Waals surface area contributed by atoms with E-state index >= 15 is 0 Å². The summed E-state index contributed by atoms with van der Waals surface area (Å²) in [4.78, 5) is 25.8. The second-order valence-electron chi connectivity index (χ2n) is 6.15. The van der Waals surface area contributed by atoms with E-state index in [-0.39, 0.29) is 24.2 Å². The molecule has 0 aliphatic carbocycles. The van der Waals surface area contributed by atoms with Crippen LogP contribution in [0.5, 0.6) is 0 Å². The number of hydrogen-bond acceptors (Lipinski definition) is 2. The predicted octanol–water partition coefficient (Wildman–Crippen LogP) is 3.19. The molecule has 0 saturated heterocycles. The van der Waals surface area contributed by atoms with E-state index in [0.717, 1.165) is 16.7 Å². The fourth-order valence-corrected chi connectivity index (χ4v) is 2.49. The molecule has 0 aliphatic rings. The molecular formula is C20H23FN2O2. The van der Waals surface area contributed by atoms with Gasteiger partial charge in [-0.25, -0.2) is 4.39 Å². The largest absolute Gasteiger partial charge is 0.350 e. The van der Waals surface area contributed by atoms with Crippen molar-refractivity contribution >= 4 is 11.8 Å². The van der Waals surface area contributed by atoms with Gasteiger partial charge in [0.05, 0.1) is 0 Å². The molecule has 2 aromatic carbocycles. The standard InChI is InChI=1S/C20H23FN2O2/c1-14-4-6-17(7-5-14)12-22-20(25)15(2)23(16(3)24)13-18-8-10-19(21)11-9-18/h4-11,15H,12-13H2,1-3H3,(H,22,25)/t15-/m1/s1. The monoisotopic (exact) mass is 342 g/mol. The molecule has 1 N–H and O–H groups in total. The van der Waals surface area contributed by atoms with Gasteiger partial charge in [-0.15, -0.1) is 0 Å². The van der Waals surface area contributed by atoms with E-state index in [1.165, 1.54) is 24.0 Å². The van der Waals surface area contributed by atoms with Crippen LogP contribution in [0.4, 0.5) is 4.39 Å². The molecule has 0 heterocycles. The second-order valence-corrected chi connectivity index (χ2v) is 6.15. The van der Waals surface area contributed by atoms with Gasteiger partial charge in [0.2, 0.25) is 11.8 Å². The third-order valence-corrected chi connectivity index (χ3v) is 4.10. The van der Waals surface area contributed by atoms with Crippen LogP contribution in [-0.2, 0) is 22.7 Å². The Morgan fingerprint density at radius 2 is 1.60 bits per heavy atom. The summed E-state index contributed by atoms with van der Waals surface area (Å²) in [5.41, 5.74) is 2.93. The summed E-state index contributed by atoms with van der Waals surface area (Å²) in [5, 5.41) is 2.86. The summed E-state index contributed by atoms with van der Waals surface area (Å²) in [6.07, 6.45) is 0. The van der Waals surface area contributed by atoms with Crippen molar-refractivity contribution in [2.45, 2.75) is 39.9 Å². The lowest BCUT2D eigenvalue weighted by Crippen LogP contribution is -2.46. The van der Waals surface area contributed by atoms with Gasteiger partial charge >= 0.3 is 0 Å². The molecule has 5 heteroatoms. The molecule has 0 unspecified atom stereocenters. The van der Waals surface area contributed by atoms with Crippen LogP contribution in [0.15, 0.2) is 48.5 Å². The summed E-state index contributed by atoms with van der Waals surface area (Å²) in [6.45, 7) is 5.79. The minimum absolute atomic E-state index is 0.206. The van der Waals surface area contributed by atoms with Crippen molar-refractivity contribution < 1.29 is 14.0 Å². The number of benzene rings is 2. The topological polar surface area (TPSA) is 49.4 Å². The molecule has 0 aliphatic heterocycles. The fourth-order valence-electron chi connectivity index (χ4n) is 2.49. The van der Waals surface area contributed by atoms with Crippen molar-refractivity contribution in [3.8, 4) is 0 Å². The maximum Gasteiger partial charge on any atom is 0.242 e. The average Bonchev–Trinajstić information content (AvgIpc) is 2.59. The lowest BCUT2D eigenvalue weighted by atomic mass is 10.1. The van der Waals surface area contributed by atoms with E-state index in [4.69, 9.17) is 0 Å². The highest BCUT2D eigenvalue weighted by Gasteiger charge is 2.23. The van der Waals surface area contributed by atoms with Crippen LogP contribution in [0.1, 0.15) is 30.5 Å². The Morgan fingerprint density at radius 1 is 1.04 bits per heavy atom. The van der Waals surface area contributed by atoms with Gasteiger partial charge in [0.25, 0.3) is 0 Å². The fraction of sp³-hybridized carbons (Fsp3) is 0.300. The van der Waals surface area contributed by atoms with E-state index in [1.807, 2.05) is 31.2 Å². The van der Waals surface area contributed by atoms with Gasteiger partial charge in [-0.2, -0.15) is 0 Å². The summed E-state index contributed by atoms with van der Waals surface area (Å²) in [7, 11) is 0. The van der Waals surface area contributed by atoms with Gasteiger partial charge in [0.1, 0.15) is 11.9 Å². The molecule has 0 fully saturated rings. The first-order valence-electron chi connectivity index (χ1n) is 8.21. The molecule has 0 spiro atoms. The molecule has 25 heavy (non-hydrogen) atoms. The van der Waals surface area contributed by atoms with Crippen molar-refractivity contribution in [2.75, 3.05) is 0 Å². The van der Waals surface area contributed by atoms with Crippen LogP contribution in [0.2, 0.25) is 0 Å². The predicted molar refractivity (Wildman–Crippen MR) is 95.1 cm³/mol. The summed E-state index contributed by atoms with van der Waals surface area (Å²) in [6, 6.07) is 13.2. The van der Waals surface area contributed by atoms with Gasteiger partial charge in [0.15, 0.2) is 0 Å². The zero-order valence-electron chi connectivity index (χ0n) is 14.8. The molecule has 1 atom stereocenters. The summed E-state index contributed by atoms with van der Waals surface area (Å²) >= 11 is 0. The molecule has 0 aromatic heterocycles. The summed E-state index contributed by atoms with van der Waals surface area (Å²) in [5.74, 6) is -0.762. The number of rotatable bonds is 6. The minimum atomic E-state index is -0.618. The molecule has 2 aromatic rings. The van der Waals surface area contributed by atoms with E-state index in [9.17, 15) is 14.0 Å². The Bertz CT molecular complexity index is 726. The van der Waals surface area contributed by atoms with Gasteiger partial charge in [0, 0.05) is 20.0 Å². The third kappa shape index (κ3) is 5.41. The SMILES string of the molecule is CC(=O)N(Cc1ccc(F)cc1)[C@H](C)C(=O)NCc1ccc(C)cc1. The van der Waals surface area contributed by atoms with Gasteiger partial charge in [-0.3, -0.25) is 9.59 Å². The number of nitrogens with one attached hydrogen (secondary N) is 1. The molecule has 0 saturated carbocycles. The maximum atomic E-state index is 13.0. The van der Waals surface area contributed by atoms with Crippen LogP contribution >= 0.6 is 0 Å². The first kappa shape index (κ1) is 18.6. The highest BCUT2D eigenvalue weighted by Crippen LogP contribution is 2.11. The average molecular weight is 342 g/mol. The zero-order valence-corrected chi connectivity index (χ0v) is 14.8. The first-order chi connectivity index (χ1) is 11.9. The van der Waals surface area contributed by atoms with E-state index < -0.39 is 6.04 Å². The van der Waals surface area contributed by atoms with Crippen LogP contribution in [0, 0.1) is 12.7 Å². The number of amides is 2. The van der Waals surface area contributed by atoms with Gasteiger partial charge in [-0.1, -0.05) is 42.0 Å². The molecule has 2 rings (SSSR count). The summed E-state index contributed by atoms with van der Waals surface area (Å²) < 4.78 is 13.0. The Hall–Kier alpha value is -2.69. The van der Waals surface area contributed by atoms with Gasteiger partial charge < -0.3 is 10.2 Å². The maximum absolute atomic E-state index is 13.0. The number of hydrogen-bond donors (Lipinski definition) is 1. The second kappa shape index (κ2) is 8.42. The van der Waals surface area contributed by atoms with Gasteiger partial charge in [-0.05, 0) is 37.1 Å². The smallest absolute Gasteiger partial charge is 0.242 e. The quantitative estimate of drug-likeness (QED) is 0.876. The lowest BCUT2D eigenvalue weighted by molar-refractivity contribution is -0.139.